The van der Waals surface area contributed by atoms with Crippen molar-refractivity contribution < 1.29 is 8.42 Å². The van der Waals surface area contributed by atoms with E-state index in [0.717, 1.165) is 4.31 Å². The van der Waals surface area contributed by atoms with Crippen molar-refractivity contribution in [2.45, 2.75) is 11.8 Å². The zero-order valence-electron chi connectivity index (χ0n) is 9.69. The number of sulfonamides is 1. The maximum absolute atomic E-state index is 11.9. The summed E-state index contributed by atoms with van der Waals surface area (Å²) in [5, 5.41) is 3.02. The molecule has 0 radical (unpaired) electrons. The van der Waals surface area contributed by atoms with Gasteiger partial charge in [-0.25, -0.2) is 12.7 Å². The summed E-state index contributed by atoms with van der Waals surface area (Å²) in [4.78, 5) is 0.135. The van der Waals surface area contributed by atoms with Crippen molar-refractivity contribution in [2.75, 3.05) is 31.7 Å². The largest absolute Gasteiger partial charge is 0.396 e. The molecule has 16 heavy (non-hydrogen) atoms. The van der Waals surface area contributed by atoms with Crippen molar-refractivity contribution in [3.8, 4) is 0 Å². The van der Waals surface area contributed by atoms with Gasteiger partial charge in [0.25, 0.3) is 0 Å². The minimum atomic E-state index is -3.48. The molecule has 5 nitrogen and oxygen atoms in total. The Balaban J connectivity index is 3.31. The smallest absolute Gasteiger partial charge is 0.244 e. The zero-order valence-corrected chi connectivity index (χ0v) is 10.5. The Hall–Kier alpha value is -1.27. The Morgan fingerprint density at radius 1 is 1.38 bits per heavy atom. The molecular weight excluding hydrogens is 226 g/mol. The second kappa shape index (κ2) is 4.71. The van der Waals surface area contributed by atoms with E-state index in [-0.39, 0.29) is 10.6 Å². The molecule has 0 atom stereocenters. The number of anilines is 2. The Morgan fingerprint density at radius 3 is 2.50 bits per heavy atom. The molecule has 0 aliphatic carbocycles. The first-order valence-corrected chi connectivity index (χ1v) is 6.40. The summed E-state index contributed by atoms with van der Waals surface area (Å²) in [5.41, 5.74) is 6.73. The van der Waals surface area contributed by atoms with Crippen LogP contribution in [0, 0.1) is 0 Å². The molecule has 0 heterocycles. The average molecular weight is 243 g/mol. The van der Waals surface area contributed by atoms with E-state index in [1.807, 2.05) is 6.92 Å². The van der Waals surface area contributed by atoms with E-state index in [1.165, 1.54) is 20.2 Å². The number of nitrogens with one attached hydrogen (secondary N) is 1. The number of hydrogen-bond acceptors (Lipinski definition) is 4. The molecule has 0 amide bonds. The average Bonchev–Trinajstić information content (AvgIpc) is 2.21. The third-order valence-corrected chi connectivity index (χ3v) is 4.07. The van der Waals surface area contributed by atoms with Gasteiger partial charge in [0.15, 0.2) is 0 Å². The molecule has 0 spiro atoms. The Morgan fingerprint density at radius 2 is 2.00 bits per heavy atom. The van der Waals surface area contributed by atoms with Crippen LogP contribution in [0.25, 0.3) is 0 Å². The van der Waals surface area contributed by atoms with Crippen LogP contribution in [0.3, 0.4) is 0 Å². The lowest BCUT2D eigenvalue weighted by molar-refractivity contribution is 0.521. The molecule has 0 bridgehead atoms. The van der Waals surface area contributed by atoms with Crippen LogP contribution in [0.2, 0.25) is 0 Å². The van der Waals surface area contributed by atoms with Gasteiger partial charge in [0.2, 0.25) is 10.0 Å². The van der Waals surface area contributed by atoms with Gasteiger partial charge in [-0.3, -0.25) is 0 Å². The van der Waals surface area contributed by atoms with Crippen molar-refractivity contribution >= 4 is 21.4 Å². The maximum Gasteiger partial charge on any atom is 0.244 e. The van der Waals surface area contributed by atoms with E-state index >= 15 is 0 Å². The first kappa shape index (κ1) is 12.8. The molecule has 0 unspecified atom stereocenters. The molecular formula is C10H17N3O2S. The summed E-state index contributed by atoms with van der Waals surface area (Å²) in [6, 6.07) is 4.93. The van der Waals surface area contributed by atoms with Crippen molar-refractivity contribution in [1.29, 1.82) is 0 Å². The lowest BCUT2D eigenvalue weighted by Gasteiger charge is -2.15. The van der Waals surface area contributed by atoms with Crippen LogP contribution >= 0.6 is 0 Å². The quantitative estimate of drug-likeness (QED) is 0.772. The highest BCUT2D eigenvalue weighted by Gasteiger charge is 2.21. The van der Waals surface area contributed by atoms with Gasteiger partial charge in [0.05, 0.1) is 11.4 Å². The predicted molar refractivity (Wildman–Crippen MR) is 65.9 cm³/mol. The van der Waals surface area contributed by atoms with Crippen LogP contribution in [0.4, 0.5) is 11.4 Å². The minimum Gasteiger partial charge on any atom is -0.396 e. The lowest BCUT2D eigenvalue weighted by atomic mass is 10.2. The molecule has 1 aromatic carbocycles. The lowest BCUT2D eigenvalue weighted by Crippen LogP contribution is -2.23. The predicted octanol–water partition coefficient (Wildman–Crippen LogP) is 0.951. The molecule has 1 rings (SSSR count). The molecule has 3 N–H and O–H groups in total. The summed E-state index contributed by atoms with van der Waals surface area (Å²) >= 11 is 0. The van der Waals surface area contributed by atoms with Crippen LogP contribution in [0.1, 0.15) is 6.92 Å². The van der Waals surface area contributed by atoms with Gasteiger partial charge >= 0.3 is 0 Å². The van der Waals surface area contributed by atoms with Crippen LogP contribution in [-0.2, 0) is 10.0 Å². The van der Waals surface area contributed by atoms with Crippen molar-refractivity contribution in [1.82, 2.24) is 4.31 Å². The molecule has 0 saturated carbocycles. The Labute approximate surface area is 96.3 Å². The van der Waals surface area contributed by atoms with E-state index in [9.17, 15) is 8.42 Å². The summed E-state index contributed by atoms with van der Waals surface area (Å²) in [5.74, 6) is 0. The number of nitrogen functional groups attached to an aromatic ring is 1. The van der Waals surface area contributed by atoms with Crippen molar-refractivity contribution in [3.63, 3.8) is 0 Å². The third kappa shape index (κ3) is 2.28. The molecule has 90 valence electrons. The number of nitrogens with two attached hydrogens (primary N) is 1. The monoisotopic (exact) mass is 243 g/mol. The number of benzene rings is 1. The minimum absolute atomic E-state index is 0.135. The standard InChI is InChI=1S/C10H17N3O2S/c1-4-12-8-6-5-7-9(10(8)11)16(14,15)13(2)3/h5-7,12H,4,11H2,1-3H3. The van der Waals surface area contributed by atoms with E-state index in [1.54, 1.807) is 12.1 Å². The first-order chi connectivity index (χ1) is 7.41. The second-order valence-electron chi connectivity index (χ2n) is 3.54. The highest BCUT2D eigenvalue weighted by atomic mass is 32.2. The molecule has 0 aromatic heterocycles. The summed E-state index contributed by atoms with van der Waals surface area (Å²) in [7, 11) is -0.518. The molecule has 0 aliphatic rings. The fourth-order valence-corrected chi connectivity index (χ4v) is 2.34. The highest BCUT2D eigenvalue weighted by Crippen LogP contribution is 2.27. The normalized spacial score (nSPS) is 11.8. The van der Waals surface area contributed by atoms with Gasteiger partial charge in [0, 0.05) is 20.6 Å². The van der Waals surface area contributed by atoms with Gasteiger partial charge < -0.3 is 11.1 Å². The number of rotatable bonds is 4. The second-order valence-corrected chi connectivity index (χ2v) is 5.66. The third-order valence-electron chi connectivity index (χ3n) is 2.19. The fraction of sp³-hybridized carbons (Fsp3) is 0.400. The van der Waals surface area contributed by atoms with Crippen LogP contribution in [0.5, 0.6) is 0 Å². The summed E-state index contributed by atoms with van der Waals surface area (Å²) in [6.45, 7) is 2.61. The number of hydrogen-bond donors (Lipinski definition) is 2. The van der Waals surface area contributed by atoms with Crippen LogP contribution in [0.15, 0.2) is 23.1 Å². The molecule has 6 heteroatoms. The van der Waals surface area contributed by atoms with Gasteiger partial charge in [-0.2, -0.15) is 0 Å². The molecule has 1 aromatic rings. The topological polar surface area (TPSA) is 75.4 Å². The number of para-hydroxylation sites is 1. The van der Waals surface area contributed by atoms with Gasteiger partial charge in [-0.05, 0) is 19.1 Å². The Kier molecular flexibility index (Phi) is 3.77. The van der Waals surface area contributed by atoms with Crippen molar-refractivity contribution in [3.05, 3.63) is 18.2 Å². The summed E-state index contributed by atoms with van der Waals surface area (Å²) in [6.07, 6.45) is 0. The van der Waals surface area contributed by atoms with E-state index in [4.69, 9.17) is 5.73 Å². The van der Waals surface area contributed by atoms with E-state index in [0.29, 0.717) is 12.2 Å². The SMILES string of the molecule is CCNc1cccc(S(=O)(=O)N(C)C)c1N. The highest BCUT2D eigenvalue weighted by molar-refractivity contribution is 7.89. The van der Waals surface area contributed by atoms with Gasteiger partial charge in [-0.1, -0.05) is 6.07 Å². The fourth-order valence-electron chi connectivity index (χ4n) is 1.31. The van der Waals surface area contributed by atoms with Crippen LogP contribution < -0.4 is 11.1 Å². The van der Waals surface area contributed by atoms with E-state index < -0.39 is 10.0 Å². The molecule has 0 saturated heterocycles. The number of nitrogens with zero attached hydrogens (tertiary/aromatic N) is 1. The Bertz CT molecular complexity index is 469. The van der Waals surface area contributed by atoms with Gasteiger partial charge in [-0.15, -0.1) is 0 Å². The molecule has 0 fully saturated rings. The summed E-state index contributed by atoms with van der Waals surface area (Å²) < 4.78 is 25.0. The maximum atomic E-state index is 11.9. The molecule has 0 aliphatic heterocycles. The first-order valence-electron chi connectivity index (χ1n) is 4.96. The van der Waals surface area contributed by atoms with Crippen LogP contribution in [-0.4, -0.2) is 33.4 Å². The van der Waals surface area contributed by atoms with E-state index in [2.05, 4.69) is 5.32 Å². The zero-order chi connectivity index (χ0) is 12.3. The van der Waals surface area contributed by atoms with Crippen molar-refractivity contribution in [2.24, 2.45) is 0 Å². The van der Waals surface area contributed by atoms with Gasteiger partial charge in [0.1, 0.15) is 4.90 Å².